The number of nitrogens with zero attached hydrogens (tertiary/aromatic N) is 3. The van der Waals surface area contributed by atoms with Crippen LogP contribution in [-0.2, 0) is 16.3 Å². The molecule has 1 heterocycles. The first-order valence-electron chi connectivity index (χ1n) is 9.91. The van der Waals surface area contributed by atoms with Gasteiger partial charge in [0.1, 0.15) is 5.75 Å². The number of likely N-dealkylation sites (tertiary alicyclic amines) is 1. The average Bonchev–Trinajstić information content (AvgIpc) is 3.09. The van der Waals surface area contributed by atoms with Crippen LogP contribution in [-0.4, -0.2) is 45.3 Å². The van der Waals surface area contributed by atoms with E-state index < -0.39 is 9.84 Å². The first-order valence-corrected chi connectivity index (χ1v) is 11.8. The molecule has 0 radical (unpaired) electrons. The van der Waals surface area contributed by atoms with Crippen LogP contribution in [0.2, 0.25) is 0 Å². The lowest BCUT2D eigenvalue weighted by atomic mass is 9.99. The summed E-state index contributed by atoms with van der Waals surface area (Å²) in [6.45, 7) is 4.42. The molecule has 0 saturated carbocycles. The Kier molecular flexibility index (Phi) is 6.77. The Labute approximate surface area is 178 Å². The van der Waals surface area contributed by atoms with Crippen molar-refractivity contribution in [3.8, 4) is 17.9 Å². The molecule has 30 heavy (non-hydrogen) atoms. The number of ether oxygens (including phenoxy) is 1. The van der Waals surface area contributed by atoms with Gasteiger partial charge in [0.25, 0.3) is 0 Å². The molecule has 3 rings (SSSR count). The van der Waals surface area contributed by atoms with Gasteiger partial charge in [-0.3, -0.25) is 4.90 Å². The maximum Gasteiger partial charge on any atom is 0.175 e. The van der Waals surface area contributed by atoms with E-state index in [9.17, 15) is 18.9 Å². The minimum atomic E-state index is -3.21. The third-order valence-electron chi connectivity index (χ3n) is 5.59. The van der Waals surface area contributed by atoms with Crippen LogP contribution >= 0.6 is 0 Å². The zero-order chi connectivity index (χ0) is 21.7. The summed E-state index contributed by atoms with van der Waals surface area (Å²) in [6, 6.07) is 16.5. The Morgan fingerprint density at radius 1 is 1.10 bits per heavy atom. The van der Waals surface area contributed by atoms with Crippen molar-refractivity contribution >= 4 is 9.84 Å². The van der Waals surface area contributed by atoms with Crippen molar-refractivity contribution < 1.29 is 13.2 Å². The molecule has 2 aromatic rings. The topological polar surface area (TPSA) is 94.2 Å². The third-order valence-corrected chi connectivity index (χ3v) is 6.72. The van der Waals surface area contributed by atoms with Gasteiger partial charge in [0, 0.05) is 31.3 Å². The second kappa shape index (κ2) is 9.30. The van der Waals surface area contributed by atoms with Crippen molar-refractivity contribution in [3.63, 3.8) is 0 Å². The van der Waals surface area contributed by atoms with Gasteiger partial charge >= 0.3 is 0 Å². The molecule has 0 bridgehead atoms. The van der Waals surface area contributed by atoms with E-state index in [4.69, 9.17) is 4.74 Å². The summed E-state index contributed by atoms with van der Waals surface area (Å²) < 4.78 is 29.0. The van der Waals surface area contributed by atoms with Crippen molar-refractivity contribution in [3.05, 3.63) is 59.2 Å². The highest BCUT2D eigenvalue weighted by atomic mass is 32.2. The SMILES string of the molecule is C[C@@H]1C[C@H](COc2ccc(S(C)(=O)=O)cc2)CN1CCc1c(C#N)cccc1C#N. The van der Waals surface area contributed by atoms with Crippen molar-refractivity contribution in [1.29, 1.82) is 10.5 Å². The lowest BCUT2D eigenvalue weighted by Gasteiger charge is -2.21. The molecule has 1 aliphatic rings. The highest BCUT2D eigenvalue weighted by Gasteiger charge is 2.29. The van der Waals surface area contributed by atoms with Gasteiger partial charge in [-0.05, 0) is 61.7 Å². The van der Waals surface area contributed by atoms with Crippen molar-refractivity contribution in [2.75, 3.05) is 26.0 Å². The van der Waals surface area contributed by atoms with Gasteiger partial charge in [0.05, 0.1) is 34.8 Å². The Morgan fingerprint density at radius 3 is 2.30 bits per heavy atom. The summed E-state index contributed by atoms with van der Waals surface area (Å²) in [5, 5.41) is 18.7. The lowest BCUT2D eigenvalue weighted by molar-refractivity contribution is 0.234. The van der Waals surface area contributed by atoms with Crippen LogP contribution < -0.4 is 4.74 Å². The lowest BCUT2D eigenvalue weighted by Crippen LogP contribution is -2.30. The molecule has 0 aliphatic carbocycles. The van der Waals surface area contributed by atoms with E-state index >= 15 is 0 Å². The van der Waals surface area contributed by atoms with Gasteiger partial charge < -0.3 is 4.74 Å². The summed E-state index contributed by atoms with van der Waals surface area (Å²) >= 11 is 0. The molecule has 2 atom stereocenters. The largest absolute Gasteiger partial charge is 0.493 e. The molecule has 156 valence electrons. The minimum Gasteiger partial charge on any atom is -0.493 e. The van der Waals surface area contributed by atoms with Gasteiger partial charge in [0.2, 0.25) is 0 Å². The number of sulfone groups is 1. The fourth-order valence-electron chi connectivity index (χ4n) is 3.97. The van der Waals surface area contributed by atoms with Crippen LogP contribution in [0.3, 0.4) is 0 Å². The number of hydrogen-bond acceptors (Lipinski definition) is 6. The minimum absolute atomic E-state index is 0.282. The van der Waals surface area contributed by atoms with E-state index in [0.717, 1.165) is 25.1 Å². The van der Waals surface area contributed by atoms with Crippen LogP contribution in [0.4, 0.5) is 0 Å². The van der Waals surface area contributed by atoms with E-state index in [2.05, 4.69) is 24.0 Å². The van der Waals surface area contributed by atoms with Crippen LogP contribution in [0.5, 0.6) is 5.75 Å². The summed E-state index contributed by atoms with van der Waals surface area (Å²) in [5.74, 6) is 1.03. The van der Waals surface area contributed by atoms with E-state index in [1.165, 1.54) is 6.26 Å². The summed E-state index contributed by atoms with van der Waals surface area (Å²) in [7, 11) is -3.21. The van der Waals surface area contributed by atoms with E-state index in [0.29, 0.717) is 41.9 Å². The van der Waals surface area contributed by atoms with Gasteiger partial charge in [-0.25, -0.2) is 8.42 Å². The molecule has 0 amide bonds. The Bertz CT molecular complexity index is 1050. The summed E-state index contributed by atoms with van der Waals surface area (Å²) in [5.41, 5.74) is 1.96. The first kappa shape index (κ1) is 21.8. The number of hydrogen-bond donors (Lipinski definition) is 0. The molecule has 0 spiro atoms. The fourth-order valence-corrected chi connectivity index (χ4v) is 4.60. The van der Waals surface area contributed by atoms with Gasteiger partial charge in [0.15, 0.2) is 9.84 Å². The summed E-state index contributed by atoms with van der Waals surface area (Å²) in [6.07, 6.45) is 2.86. The van der Waals surface area contributed by atoms with Crippen LogP contribution in [0.15, 0.2) is 47.4 Å². The Morgan fingerprint density at radius 2 is 1.73 bits per heavy atom. The number of benzene rings is 2. The summed E-state index contributed by atoms with van der Waals surface area (Å²) in [4.78, 5) is 2.65. The monoisotopic (exact) mass is 423 g/mol. The second-order valence-electron chi connectivity index (χ2n) is 7.81. The molecule has 6 nitrogen and oxygen atoms in total. The second-order valence-corrected chi connectivity index (χ2v) is 9.82. The fraction of sp³-hybridized carbons (Fsp3) is 0.391. The zero-order valence-corrected chi connectivity index (χ0v) is 18.0. The van der Waals surface area contributed by atoms with Crippen LogP contribution in [0.1, 0.15) is 30.0 Å². The average molecular weight is 424 g/mol. The van der Waals surface area contributed by atoms with Crippen LogP contribution in [0, 0.1) is 28.6 Å². The predicted octanol–water partition coefficient (Wildman–Crippen LogP) is 3.17. The third kappa shape index (κ3) is 5.18. The molecular weight excluding hydrogens is 398 g/mol. The van der Waals surface area contributed by atoms with E-state index in [1.54, 1.807) is 42.5 Å². The molecule has 1 fully saturated rings. The normalized spacial score (nSPS) is 19.2. The quantitative estimate of drug-likeness (QED) is 0.679. The molecule has 1 aliphatic heterocycles. The first-order chi connectivity index (χ1) is 14.3. The van der Waals surface area contributed by atoms with Crippen molar-refractivity contribution in [2.24, 2.45) is 5.92 Å². The highest BCUT2D eigenvalue weighted by molar-refractivity contribution is 7.90. The molecule has 0 unspecified atom stereocenters. The number of nitriles is 2. The van der Waals surface area contributed by atoms with Gasteiger partial charge in [-0.1, -0.05) is 6.07 Å². The molecule has 0 aromatic heterocycles. The smallest absolute Gasteiger partial charge is 0.175 e. The van der Waals surface area contributed by atoms with Crippen molar-refractivity contribution in [2.45, 2.75) is 30.7 Å². The van der Waals surface area contributed by atoms with Crippen molar-refractivity contribution in [1.82, 2.24) is 4.90 Å². The molecular formula is C23H25N3O3S. The van der Waals surface area contributed by atoms with E-state index in [1.807, 2.05) is 0 Å². The zero-order valence-electron chi connectivity index (χ0n) is 17.2. The highest BCUT2D eigenvalue weighted by Crippen LogP contribution is 2.25. The maximum atomic E-state index is 11.5. The van der Waals surface area contributed by atoms with Gasteiger partial charge in [-0.2, -0.15) is 10.5 Å². The van der Waals surface area contributed by atoms with Gasteiger partial charge in [-0.15, -0.1) is 0 Å². The molecule has 1 saturated heterocycles. The van der Waals surface area contributed by atoms with Crippen LogP contribution in [0.25, 0.3) is 0 Å². The maximum absolute atomic E-state index is 11.5. The predicted molar refractivity (Wildman–Crippen MR) is 114 cm³/mol. The number of rotatable bonds is 7. The Hall–Kier alpha value is -2.87. The molecule has 2 aromatic carbocycles. The van der Waals surface area contributed by atoms with E-state index in [-0.39, 0.29) is 4.90 Å². The Balaban J connectivity index is 1.55. The molecule has 0 N–H and O–H groups in total. The standard InChI is InChI=1S/C23H25N3O3S/c1-17-12-18(16-29-21-6-8-22(9-7-21)30(2,27)28)15-26(17)11-10-23-19(13-24)4-3-5-20(23)14-25/h3-9,17-18H,10-12,15-16H2,1-2H3/t17-,18+/m1/s1. The molecule has 7 heteroatoms.